The predicted octanol–water partition coefficient (Wildman–Crippen LogP) is 1.96. The number of hydrogen-bond donors (Lipinski definition) is 1. The first kappa shape index (κ1) is 12.5. The fourth-order valence-electron chi connectivity index (χ4n) is 1.85. The van der Waals surface area contributed by atoms with Crippen LogP contribution in [0.3, 0.4) is 0 Å². The molecule has 0 radical (unpaired) electrons. The van der Waals surface area contributed by atoms with Gasteiger partial charge in [-0.1, -0.05) is 20.8 Å². The molecule has 1 aliphatic heterocycles. The van der Waals surface area contributed by atoms with Gasteiger partial charge in [0.25, 0.3) is 0 Å². The third kappa shape index (κ3) is 4.20. The second-order valence-corrected chi connectivity index (χ2v) is 4.90. The van der Waals surface area contributed by atoms with Gasteiger partial charge in [-0.05, 0) is 37.6 Å². The van der Waals surface area contributed by atoms with Crippen LogP contribution in [0.2, 0.25) is 0 Å². The highest BCUT2D eigenvalue weighted by molar-refractivity contribution is 5.76. The van der Waals surface area contributed by atoms with Gasteiger partial charge in [0, 0.05) is 0 Å². The minimum Gasteiger partial charge on any atom is -0.465 e. The van der Waals surface area contributed by atoms with E-state index in [9.17, 15) is 4.79 Å². The van der Waals surface area contributed by atoms with E-state index in [1.807, 2.05) is 0 Å². The highest BCUT2D eigenvalue weighted by Crippen LogP contribution is 2.16. The van der Waals surface area contributed by atoms with Gasteiger partial charge < -0.3 is 10.1 Å². The van der Waals surface area contributed by atoms with Crippen LogP contribution in [0.25, 0.3) is 0 Å². The Labute approximate surface area is 92.6 Å². The van der Waals surface area contributed by atoms with Crippen LogP contribution >= 0.6 is 0 Å². The maximum Gasteiger partial charge on any atom is 0.323 e. The number of ether oxygens (including phenoxy) is 1. The lowest BCUT2D eigenvalue weighted by Gasteiger charge is -2.28. The number of hydrogen-bond acceptors (Lipinski definition) is 3. The van der Waals surface area contributed by atoms with Crippen molar-refractivity contribution in [1.29, 1.82) is 0 Å². The van der Waals surface area contributed by atoms with Crippen molar-refractivity contribution in [3.8, 4) is 0 Å². The van der Waals surface area contributed by atoms with Crippen molar-refractivity contribution >= 4 is 5.97 Å². The van der Waals surface area contributed by atoms with Gasteiger partial charge in [-0.3, -0.25) is 4.79 Å². The number of carbonyl (C=O) groups excluding carboxylic acids is 1. The molecule has 1 rings (SSSR count). The zero-order valence-corrected chi connectivity index (χ0v) is 10.1. The van der Waals surface area contributed by atoms with Gasteiger partial charge in [0.05, 0.1) is 6.61 Å². The van der Waals surface area contributed by atoms with Crippen molar-refractivity contribution in [2.45, 2.75) is 46.1 Å². The molecule has 3 heteroatoms. The average molecular weight is 213 g/mol. The van der Waals surface area contributed by atoms with Crippen molar-refractivity contribution in [3.05, 3.63) is 0 Å². The molecule has 0 bridgehead atoms. The van der Waals surface area contributed by atoms with Gasteiger partial charge in [-0.15, -0.1) is 0 Å². The van der Waals surface area contributed by atoms with Crippen molar-refractivity contribution in [2.75, 3.05) is 13.2 Å². The Kier molecular flexibility index (Phi) is 5.09. The zero-order chi connectivity index (χ0) is 11.3. The number of esters is 1. The summed E-state index contributed by atoms with van der Waals surface area (Å²) in [5.41, 5.74) is 0. The predicted molar refractivity (Wildman–Crippen MR) is 60.6 cm³/mol. The summed E-state index contributed by atoms with van der Waals surface area (Å²) in [5, 5.41) is 3.23. The van der Waals surface area contributed by atoms with Crippen molar-refractivity contribution in [3.63, 3.8) is 0 Å². The molecule has 0 aromatic rings. The topological polar surface area (TPSA) is 38.3 Å². The second kappa shape index (κ2) is 6.11. The third-order valence-electron chi connectivity index (χ3n) is 2.96. The first-order chi connectivity index (χ1) is 7.11. The normalized spacial score (nSPS) is 26.7. The average Bonchev–Trinajstić information content (AvgIpc) is 2.17. The van der Waals surface area contributed by atoms with E-state index in [0.29, 0.717) is 18.4 Å². The quantitative estimate of drug-likeness (QED) is 0.726. The van der Waals surface area contributed by atoms with Crippen LogP contribution in [0.15, 0.2) is 0 Å². The molecule has 88 valence electrons. The molecule has 0 saturated carbocycles. The van der Waals surface area contributed by atoms with Gasteiger partial charge in [-0.25, -0.2) is 0 Å². The second-order valence-electron chi connectivity index (χ2n) is 4.90. The lowest BCUT2D eigenvalue weighted by Crippen LogP contribution is -2.46. The molecular weight excluding hydrogens is 190 g/mol. The van der Waals surface area contributed by atoms with Crippen molar-refractivity contribution < 1.29 is 9.53 Å². The zero-order valence-electron chi connectivity index (χ0n) is 10.1. The maximum absolute atomic E-state index is 11.7. The third-order valence-corrected chi connectivity index (χ3v) is 2.96. The van der Waals surface area contributed by atoms with Gasteiger partial charge in [-0.2, -0.15) is 0 Å². The molecule has 0 aliphatic carbocycles. The first-order valence-corrected chi connectivity index (χ1v) is 6.01. The summed E-state index contributed by atoms with van der Waals surface area (Å²) in [6.07, 6.45) is 3.24. The smallest absolute Gasteiger partial charge is 0.323 e. The molecule has 1 saturated heterocycles. The molecule has 1 heterocycles. The Balaban J connectivity index is 2.26. The van der Waals surface area contributed by atoms with Gasteiger partial charge in [0.1, 0.15) is 6.04 Å². The molecule has 0 spiro atoms. The van der Waals surface area contributed by atoms with E-state index in [4.69, 9.17) is 4.74 Å². The first-order valence-electron chi connectivity index (χ1n) is 6.01. The molecule has 1 N–H and O–H groups in total. The summed E-state index contributed by atoms with van der Waals surface area (Å²) in [6.45, 7) is 7.88. The lowest BCUT2D eigenvalue weighted by atomic mass is 9.93. The molecular formula is C12H23NO2. The van der Waals surface area contributed by atoms with E-state index in [0.717, 1.165) is 25.8 Å². The molecule has 0 aromatic heterocycles. The molecule has 1 aliphatic rings. The van der Waals surface area contributed by atoms with Crippen LogP contribution < -0.4 is 5.32 Å². The molecule has 0 aromatic carbocycles. The minimum atomic E-state index is -0.0779. The highest BCUT2D eigenvalue weighted by Gasteiger charge is 2.28. The highest BCUT2D eigenvalue weighted by atomic mass is 16.5. The maximum atomic E-state index is 11.7. The Morgan fingerprint density at radius 1 is 1.53 bits per heavy atom. The van der Waals surface area contributed by atoms with Crippen LogP contribution in [0.4, 0.5) is 0 Å². The van der Waals surface area contributed by atoms with Crippen LogP contribution in [-0.4, -0.2) is 25.2 Å². The van der Waals surface area contributed by atoms with E-state index >= 15 is 0 Å². The van der Waals surface area contributed by atoms with Gasteiger partial charge in [0.2, 0.25) is 0 Å². The number of piperidine rings is 1. The largest absolute Gasteiger partial charge is 0.465 e. The summed E-state index contributed by atoms with van der Waals surface area (Å²) in [4.78, 5) is 11.7. The van der Waals surface area contributed by atoms with Gasteiger partial charge in [0.15, 0.2) is 0 Å². The van der Waals surface area contributed by atoms with Crippen molar-refractivity contribution in [1.82, 2.24) is 5.32 Å². The van der Waals surface area contributed by atoms with E-state index in [1.165, 1.54) is 0 Å². The summed E-state index contributed by atoms with van der Waals surface area (Å²) >= 11 is 0. The van der Waals surface area contributed by atoms with E-state index in [2.05, 4.69) is 26.1 Å². The Bertz CT molecular complexity index is 204. The van der Waals surface area contributed by atoms with Crippen LogP contribution in [0, 0.1) is 11.8 Å². The molecule has 15 heavy (non-hydrogen) atoms. The minimum absolute atomic E-state index is 0.0668. The Hall–Kier alpha value is -0.570. The molecule has 2 atom stereocenters. The summed E-state index contributed by atoms with van der Waals surface area (Å²) in [6, 6.07) is -0.0779. The Morgan fingerprint density at radius 2 is 2.27 bits per heavy atom. The van der Waals surface area contributed by atoms with Crippen molar-refractivity contribution in [2.24, 2.45) is 11.8 Å². The fourth-order valence-corrected chi connectivity index (χ4v) is 1.85. The standard InChI is InChI=1S/C12H23NO2/c1-9(2)6-8-15-12(14)11-10(3)5-4-7-13-11/h9-11,13H,4-8H2,1-3H3. The SMILES string of the molecule is CC(C)CCOC(=O)C1NCCCC1C. The van der Waals surface area contributed by atoms with E-state index in [1.54, 1.807) is 0 Å². The van der Waals surface area contributed by atoms with E-state index < -0.39 is 0 Å². The van der Waals surface area contributed by atoms with Gasteiger partial charge >= 0.3 is 5.97 Å². The molecule has 2 unspecified atom stereocenters. The Morgan fingerprint density at radius 3 is 2.87 bits per heavy atom. The summed E-state index contributed by atoms with van der Waals surface area (Å²) < 4.78 is 5.26. The number of carbonyl (C=O) groups is 1. The van der Waals surface area contributed by atoms with Crippen LogP contribution in [-0.2, 0) is 9.53 Å². The molecule has 1 fully saturated rings. The summed E-state index contributed by atoms with van der Waals surface area (Å²) in [7, 11) is 0. The summed E-state index contributed by atoms with van der Waals surface area (Å²) in [5.74, 6) is 0.933. The molecule has 3 nitrogen and oxygen atoms in total. The molecule has 0 amide bonds. The van der Waals surface area contributed by atoms with Crippen LogP contribution in [0.1, 0.15) is 40.0 Å². The van der Waals surface area contributed by atoms with E-state index in [-0.39, 0.29) is 12.0 Å². The van der Waals surface area contributed by atoms with Crippen LogP contribution in [0.5, 0.6) is 0 Å². The number of nitrogens with one attached hydrogen (secondary N) is 1. The monoisotopic (exact) mass is 213 g/mol. The lowest BCUT2D eigenvalue weighted by molar-refractivity contribution is -0.148. The fraction of sp³-hybridized carbons (Fsp3) is 0.917. The number of rotatable bonds is 4.